The second-order valence-electron chi connectivity index (χ2n) is 5.56. The van der Waals surface area contributed by atoms with Crippen LogP contribution >= 0.6 is 11.6 Å². The molecule has 24 heavy (non-hydrogen) atoms. The number of hydrogen-bond donors (Lipinski definition) is 2. The molecule has 0 aliphatic rings. The number of benzene rings is 1. The number of nitrogens with two attached hydrogens (primary N) is 1. The Hall–Kier alpha value is -2.93. The first kappa shape index (κ1) is 14.6. The number of aromatic amines is 1. The summed E-state index contributed by atoms with van der Waals surface area (Å²) in [6, 6.07) is 5.69. The molecule has 4 rings (SSSR count). The maximum absolute atomic E-state index is 6.36. The molecule has 0 saturated heterocycles. The standard InChI is InChI=1S/C16H14ClN7/c1-8-3-4-24(23-8)16-14(20-9(2)15(18)21-16)10-5-11-7-19-22-13(11)12(17)6-10/h3-7H,1-2H3,(H2,18,21)(H,19,22). The van der Waals surface area contributed by atoms with E-state index in [1.165, 1.54) is 0 Å². The zero-order valence-corrected chi connectivity index (χ0v) is 13.8. The van der Waals surface area contributed by atoms with Gasteiger partial charge in [0.05, 0.1) is 28.1 Å². The summed E-state index contributed by atoms with van der Waals surface area (Å²) in [5, 5.41) is 12.8. The Morgan fingerprint density at radius 2 is 2.04 bits per heavy atom. The van der Waals surface area contributed by atoms with E-state index in [2.05, 4.69) is 25.3 Å². The molecule has 0 radical (unpaired) electrons. The van der Waals surface area contributed by atoms with Gasteiger partial charge in [0.1, 0.15) is 11.5 Å². The summed E-state index contributed by atoms with van der Waals surface area (Å²) in [5.74, 6) is 0.933. The van der Waals surface area contributed by atoms with E-state index in [0.717, 1.165) is 22.2 Å². The fraction of sp³-hybridized carbons (Fsp3) is 0.125. The molecule has 3 aromatic heterocycles. The molecule has 7 nitrogen and oxygen atoms in total. The van der Waals surface area contributed by atoms with E-state index in [0.29, 0.717) is 28.0 Å². The van der Waals surface area contributed by atoms with E-state index in [-0.39, 0.29) is 0 Å². The maximum Gasteiger partial charge on any atom is 0.182 e. The van der Waals surface area contributed by atoms with Crippen molar-refractivity contribution in [2.24, 2.45) is 0 Å². The van der Waals surface area contributed by atoms with Gasteiger partial charge in [-0.2, -0.15) is 10.2 Å². The van der Waals surface area contributed by atoms with Crippen LogP contribution in [0.1, 0.15) is 11.4 Å². The average Bonchev–Trinajstić information content (AvgIpc) is 3.18. The van der Waals surface area contributed by atoms with Crippen LogP contribution in [0.15, 0.2) is 30.6 Å². The minimum absolute atomic E-state index is 0.373. The highest BCUT2D eigenvalue weighted by Gasteiger charge is 2.16. The Morgan fingerprint density at radius 3 is 2.79 bits per heavy atom. The van der Waals surface area contributed by atoms with Crippen molar-refractivity contribution >= 4 is 28.3 Å². The molecule has 0 saturated carbocycles. The van der Waals surface area contributed by atoms with E-state index in [9.17, 15) is 0 Å². The van der Waals surface area contributed by atoms with Crippen LogP contribution in [0.5, 0.6) is 0 Å². The molecule has 0 aliphatic carbocycles. The minimum Gasteiger partial charge on any atom is -0.382 e. The maximum atomic E-state index is 6.36. The van der Waals surface area contributed by atoms with Crippen LogP contribution in [0.2, 0.25) is 5.02 Å². The van der Waals surface area contributed by atoms with E-state index >= 15 is 0 Å². The van der Waals surface area contributed by atoms with Crippen LogP contribution in [-0.4, -0.2) is 29.9 Å². The van der Waals surface area contributed by atoms with E-state index in [1.54, 1.807) is 10.9 Å². The van der Waals surface area contributed by atoms with Crippen molar-refractivity contribution in [3.63, 3.8) is 0 Å². The lowest BCUT2D eigenvalue weighted by Crippen LogP contribution is -2.08. The lowest BCUT2D eigenvalue weighted by atomic mass is 10.1. The smallest absolute Gasteiger partial charge is 0.182 e. The first-order chi connectivity index (χ1) is 11.5. The first-order valence-corrected chi connectivity index (χ1v) is 7.70. The summed E-state index contributed by atoms with van der Waals surface area (Å²) in [6.45, 7) is 3.73. The number of nitrogens with one attached hydrogen (secondary N) is 1. The van der Waals surface area contributed by atoms with E-state index in [1.807, 2.05) is 38.2 Å². The van der Waals surface area contributed by atoms with E-state index in [4.69, 9.17) is 17.3 Å². The third kappa shape index (κ3) is 2.30. The molecule has 8 heteroatoms. The quantitative estimate of drug-likeness (QED) is 0.584. The van der Waals surface area contributed by atoms with Gasteiger partial charge in [-0.15, -0.1) is 0 Å². The number of halogens is 1. The summed E-state index contributed by atoms with van der Waals surface area (Å²) in [6.07, 6.45) is 3.55. The highest BCUT2D eigenvalue weighted by atomic mass is 35.5. The average molecular weight is 340 g/mol. The lowest BCUT2D eigenvalue weighted by molar-refractivity contribution is 0.826. The SMILES string of the molecule is Cc1ccn(-c2nc(N)c(C)nc2-c2cc(Cl)c3[nH]ncc3c2)n1. The second kappa shape index (κ2) is 5.31. The van der Waals surface area contributed by atoms with Gasteiger partial charge in [0, 0.05) is 17.1 Å². The molecule has 0 aliphatic heterocycles. The lowest BCUT2D eigenvalue weighted by Gasteiger charge is -2.11. The topological polar surface area (TPSA) is 98.3 Å². The molecule has 4 aromatic rings. The normalized spacial score (nSPS) is 11.3. The van der Waals surface area contributed by atoms with Gasteiger partial charge >= 0.3 is 0 Å². The van der Waals surface area contributed by atoms with Crippen LogP contribution in [-0.2, 0) is 0 Å². The number of hydrogen-bond acceptors (Lipinski definition) is 5. The number of anilines is 1. The fourth-order valence-corrected chi connectivity index (χ4v) is 2.83. The number of aryl methyl sites for hydroxylation is 2. The highest BCUT2D eigenvalue weighted by Crippen LogP contribution is 2.31. The zero-order valence-electron chi connectivity index (χ0n) is 13.1. The molecule has 0 spiro atoms. The molecule has 0 fully saturated rings. The molecule has 0 amide bonds. The Balaban J connectivity index is 2.00. The van der Waals surface area contributed by atoms with Crippen LogP contribution in [0.25, 0.3) is 28.0 Å². The van der Waals surface area contributed by atoms with Crippen molar-refractivity contribution in [2.75, 3.05) is 5.73 Å². The zero-order chi connectivity index (χ0) is 16.8. The largest absolute Gasteiger partial charge is 0.382 e. The van der Waals surface area contributed by atoms with Gasteiger partial charge < -0.3 is 5.73 Å². The number of fused-ring (bicyclic) bond motifs is 1. The Kier molecular flexibility index (Phi) is 3.24. The fourth-order valence-electron chi connectivity index (χ4n) is 2.56. The first-order valence-electron chi connectivity index (χ1n) is 7.32. The van der Waals surface area contributed by atoms with Crippen molar-refractivity contribution in [1.82, 2.24) is 29.9 Å². The Labute approximate surface area is 142 Å². The van der Waals surface area contributed by atoms with E-state index < -0.39 is 0 Å². The molecular formula is C16H14ClN7. The summed E-state index contributed by atoms with van der Waals surface area (Å²) >= 11 is 6.36. The van der Waals surface area contributed by atoms with Crippen LogP contribution in [0.3, 0.4) is 0 Å². The Morgan fingerprint density at radius 1 is 1.21 bits per heavy atom. The number of aromatic nitrogens is 6. The van der Waals surface area contributed by atoms with Crippen molar-refractivity contribution in [1.29, 1.82) is 0 Å². The minimum atomic E-state index is 0.373. The van der Waals surface area contributed by atoms with Gasteiger partial charge in [-0.05, 0) is 32.0 Å². The summed E-state index contributed by atoms with van der Waals surface area (Å²) in [7, 11) is 0. The van der Waals surface area contributed by atoms with Crippen molar-refractivity contribution < 1.29 is 0 Å². The molecule has 120 valence electrons. The number of rotatable bonds is 2. The molecule has 0 atom stereocenters. The third-order valence-corrected chi connectivity index (χ3v) is 4.10. The summed E-state index contributed by atoms with van der Waals surface area (Å²) in [4.78, 5) is 9.10. The van der Waals surface area contributed by atoms with Crippen LogP contribution in [0, 0.1) is 13.8 Å². The van der Waals surface area contributed by atoms with Gasteiger partial charge in [-0.25, -0.2) is 14.6 Å². The van der Waals surface area contributed by atoms with Crippen molar-refractivity contribution in [2.45, 2.75) is 13.8 Å². The number of nitrogens with zero attached hydrogens (tertiary/aromatic N) is 5. The summed E-state index contributed by atoms with van der Waals surface area (Å²) in [5.41, 5.74) is 9.77. The molecular weight excluding hydrogens is 326 g/mol. The Bertz CT molecular complexity index is 1060. The molecule has 3 heterocycles. The van der Waals surface area contributed by atoms with Gasteiger partial charge in [-0.1, -0.05) is 11.6 Å². The molecule has 1 aromatic carbocycles. The third-order valence-electron chi connectivity index (χ3n) is 3.80. The number of H-pyrrole nitrogens is 1. The van der Waals surface area contributed by atoms with Crippen molar-refractivity contribution in [3.8, 4) is 17.1 Å². The monoisotopic (exact) mass is 339 g/mol. The summed E-state index contributed by atoms with van der Waals surface area (Å²) < 4.78 is 1.67. The number of nitrogen functional groups attached to an aromatic ring is 1. The molecule has 0 bridgehead atoms. The predicted octanol–water partition coefficient (Wildman–Crippen LogP) is 3.06. The molecule has 3 N–H and O–H groups in total. The van der Waals surface area contributed by atoms with Gasteiger partial charge in [-0.3, -0.25) is 5.10 Å². The van der Waals surface area contributed by atoms with Crippen LogP contribution < -0.4 is 5.73 Å². The van der Waals surface area contributed by atoms with Gasteiger partial charge in [0.2, 0.25) is 0 Å². The van der Waals surface area contributed by atoms with Gasteiger partial charge in [0.15, 0.2) is 5.82 Å². The predicted molar refractivity (Wildman–Crippen MR) is 93.1 cm³/mol. The van der Waals surface area contributed by atoms with Crippen LogP contribution in [0.4, 0.5) is 5.82 Å². The van der Waals surface area contributed by atoms with Gasteiger partial charge in [0.25, 0.3) is 0 Å². The van der Waals surface area contributed by atoms with Crippen molar-refractivity contribution in [3.05, 3.63) is 47.0 Å². The second-order valence-corrected chi connectivity index (χ2v) is 5.97. The highest BCUT2D eigenvalue weighted by molar-refractivity contribution is 6.35. The molecule has 0 unspecified atom stereocenters.